The van der Waals surface area contributed by atoms with Crippen molar-refractivity contribution < 1.29 is 9.21 Å². The summed E-state index contributed by atoms with van der Waals surface area (Å²) in [7, 11) is 3.55. The Bertz CT molecular complexity index is 386. The number of hydrogen-bond donors (Lipinski definition) is 1. The summed E-state index contributed by atoms with van der Waals surface area (Å²) in [5, 5.41) is 1.62. The van der Waals surface area contributed by atoms with Gasteiger partial charge in [-0.1, -0.05) is 20.8 Å². The van der Waals surface area contributed by atoms with E-state index in [9.17, 15) is 4.79 Å². The van der Waals surface area contributed by atoms with Crippen LogP contribution in [0.25, 0.3) is 0 Å². The number of hydrogen-bond acceptors (Lipinski definition) is 3. The first-order chi connectivity index (χ1) is 7.21. The first-order valence-corrected chi connectivity index (χ1v) is 5.31. The first kappa shape index (κ1) is 12.8. The van der Waals surface area contributed by atoms with E-state index in [1.165, 1.54) is 0 Å². The van der Waals surface area contributed by atoms with E-state index in [0.717, 1.165) is 5.76 Å². The van der Waals surface area contributed by atoms with E-state index in [0.29, 0.717) is 11.3 Å². The Morgan fingerprint density at radius 3 is 2.31 bits per heavy atom. The second-order valence-corrected chi connectivity index (χ2v) is 5.17. The van der Waals surface area contributed by atoms with Crippen LogP contribution in [0.3, 0.4) is 0 Å². The second-order valence-electron chi connectivity index (χ2n) is 5.17. The summed E-state index contributed by atoms with van der Waals surface area (Å²) in [5.74, 6) is 1.35. The van der Waals surface area contributed by atoms with Gasteiger partial charge in [-0.2, -0.15) is 0 Å². The van der Waals surface area contributed by atoms with Crippen LogP contribution in [0.5, 0.6) is 0 Å². The molecule has 0 aliphatic heterocycles. The second kappa shape index (κ2) is 4.29. The topological polar surface area (TPSA) is 45.5 Å². The zero-order valence-electron chi connectivity index (χ0n) is 10.8. The smallest absolute Gasteiger partial charge is 0.269 e. The molecule has 0 saturated carbocycles. The third kappa shape index (κ3) is 2.85. The normalized spacial score (nSPS) is 11.9. The number of aryl methyl sites for hydroxylation is 1. The van der Waals surface area contributed by atoms with Crippen molar-refractivity contribution >= 4 is 5.91 Å². The van der Waals surface area contributed by atoms with Crippen LogP contribution >= 0.6 is 0 Å². The molecule has 0 aromatic carbocycles. The predicted molar refractivity (Wildman–Crippen MR) is 63.3 cm³/mol. The van der Waals surface area contributed by atoms with Gasteiger partial charge in [0.05, 0.1) is 5.56 Å². The van der Waals surface area contributed by atoms with E-state index < -0.39 is 0 Å². The minimum Gasteiger partial charge on any atom is -0.465 e. The van der Waals surface area contributed by atoms with E-state index in [2.05, 4.69) is 26.2 Å². The summed E-state index contributed by atoms with van der Waals surface area (Å²) >= 11 is 0. The van der Waals surface area contributed by atoms with E-state index in [4.69, 9.17) is 4.42 Å². The van der Waals surface area contributed by atoms with Crippen molar-refractivity contribution in [3.63, 3.8) is 0 Å². The molecule has 0 fully saturated rings. The largest absolute Gasteiger partial charge is 0.465 e. The predicted octanol–water partition coefficient (Wildman–Crippen LogP) is 2.09. The third-order valence-electron chi connectivity index (χ3n) is 2.23. The Balaban J connectivity index is 2.99. The average Bonchev–Trinajstić information content (AvgIpc) is 2.44. The molecule has 0 atom stereocenters. The van der Waals surface area contributed by atoms with Gasteiger partial charge in [0.25, 0.3) is 5.91 Å². The van der Waals surface area contributed by atoms with Crippen molar-refractivity contribution in [2.24, 2.45) is 0 Å². The van der Waals surface area contributed by atoms with Crippen LogP contribution in [-0.2, 0) is 5.41 Å². The molecule has 1 heterocycles. The molecule has 1 rings (SSSR count). The number of nitrogens with zero attached hydrogens (tertiary/aromatic N) is 1. The SMILES string of the molecule is Cc1oc(C(C)(C)C)cc1C(=O)NN(C)C. The molecule has 1 N–H and O–H groups in total. The molecule has 0 aliphatic rings. The monoisotopic (exact) mass is 224 g/mol. The van der Waals surface area contributed by atoms with Gasteiger partial charge >= 0.3 is 0 Å². The molecule has 4 nitrogen and oxygen atoms in total. The molecular formula is C12H20N2O2. The number of amides is 1. The molecule has 0 bridgehead atoms. The highest BCUT2D eigenvalue weighted by molar-refractivity contribution is 5.94. The third-order valence-corrected chi connectivity index (χ3v) is 2.23. The standard InChI is InChI=1S/C12H20N2O2/c1-8-9(11(15)13-14(5)6)7-10(16-8)12(2,3)4/h7H,1-6H3,(H,13,15). The molecule has 4 heteroatoms. The summed E-state index contributed by atoms with van der Waals surface area (Å²) in [6.45, 7) is 7.97. The van der Waals surface area contributed by atoms with Gasteiger partial charge in [-0.05, 0) is 13.0 Å². The first-order valence-electron chi connectivity index (χ1n) is 5.31. The van der Waals surface area contributed by atoms with Gasteiger partial charge in [0.1, 0.15) is 11.5 Å². The molecule has 0 saturated heterocycles. The summed E-state index contributed by atoms with van der Waals surface area (Å²) in [4.78, 5) is 11.8. The van der Waals surface area contributed by atoms with E-state index in [1.54, 1.807) is 26.0 Å². The summed E-state index contributed by atoms with van der Waals surface area (Å²) in [5.41, 5.74) is 3.21. The minimum atomic E-state index is -0.137. The highest BCUT2D eigenvalue weighted by Gasteiger charge is 2.23. The van der Waals surface area contributed by atoms with Gasteiger partial charge in [0.2, 0.25) is 0 Å². The molecule has 1 aromatic rings. The Morgan fingerprint density at radius 2 is 1.94 bits per heavy atom. The fourth-order valence-corrected chi connectivity index (χ4v) is 1.34. The lowest BCUT2D eigenvalue weighted by Crippen LogP contribution is -2.36. The maximum Gasteiger partial charge on any atom is 0.269 e. The van der Waals surface area contributed by atoms with Crippen LogP contribution in [0, 0.1) is 6.92 Å². The number of carbonyl (C=O) groups is 1. The lowest BCUT2D eigenvalue weighted by atomic mass is 9.93. The Hall–Kier alpha value is -1.29. The van der Waals surface area contributed by atoms with Crippen molar-refractivity contribution in [1.82, 2.24) is 10.4 Å². The number of hydrazine groups is 1. The highest BCUT2D eigenvalue weighted by Crippen LogP contribution is 2.26. The van der Waals surface area contributed by atoms with Crippen LogP contribution in [-0.4, -0.2) is 25.0 Å². The molecule has 1 aromatic heterocycles. The fourth-order valence-electron chi connectivity index (χ4n) is 1.34. The molecule has 0 radical (unpaired) electrons. The molecule has 0 unspecified atom stereocenters. The lowest BCUT2D eigenvalue weighted by molar-refractivity contribution is 0.0855. The molecule has 16 heavy (non-hydrogen) atoms. The van der Waals surface area contributed by atoms with Crippen LogP contribution in [0.4, 0.5) is 0 Å². The van der Waals surface area contributed by atoms with Gasteiger partial charge < -0.3 is 4.42 Å². The van der Waals surface area contributed by atoms with Crippen molar-refractivity contribution in [3.05, 3.63) is 23.2 Å². The van der Waals surface area contributed by atoms with Crippen molar-refractivity contribution in [2.75, 3.05) is 14.1 Å². The number of nitrogens with one attached hydrogen (secondary N) is 1. The van der Waals surface area contributed by atoms with Crippen LogP contribution in [0.1, 0.15) is 42.6 Å². The Labute approximate surface area is 96.6 Å². The minimum absolute atomic E-state index is 0.0819. The van der Waals surface area contributed by atoms with Gasteiger partial charge in [-0.15, -0.1) is 0 Å². The average molecular weight is 224 g/mol. The van der Waals surface area contributed by atoms with Crippen molar-refractivity contribution in [1.29, 1.82) is 0 Å². The lowest BCUT2D eigenvalue weighted by Gasteiger charge is -2.13. The molecule has 0 spiro atoms. The maximum atomic E-state index is 11.8. The maximum absolute atomic E-state index is 11.8. The Morgan fingerprint density at radius 1 is 1.38 bits per heavy atom. The summed E-state index contributed by atoms with van der Waals surface area (Å²) in [6.07, 6.45) is 0. The van der Waals surface area contributed by atoms with Crippen molar-refractivity contribution in [3.8, 4) is 0 Å². The number of carbonyl (C=O) groups excluding carboxylic acids is 1. The molecule has 0 aliphatic carbocycles. The fraction of sp³-hybridized carbons (Fsp3) is 0.583. The summed E-state index contributed by atoms with van der Waals surface area (Å²) in [6, 6.07) is 1.81. The molecule has 1 amide bonds. The van der Waals surface area contributed by atoms with E-state index >= 15 is 0 Å². The zero-order valence-corrected chi connectivity index (χ0v) is 10.8. The van der Waals surface area contributed by atoms with Gasteiger partial charge in [0.15, 0.2) is 0 Å². The van der Waals surface area contributed by atoms with Gasteiger partial charge in [0, 0.05) is 19.5 Å². The number of furan rings is 1. The van der Waals surface area contributed by atoms with E-state index in [1.807, 2.05) is 6.07 Å². The van der Waals surface area contributed by atoms with Crippen LogP contribution in [0.15, 0.2) is 10.5 Å². The highest BCUT2D eigenvalue weighted by atomic mass is 16.3. The molecule has 90 valence electrons. The van der Waals surface area contributed by atoms with E-state index in [-0.39, 0.29) is 11.3 Å². The van der Waals surface area contributed by atoms with Gasteiger partial charge in [-0.25, -0.2) is 5.01 Å². The van der Waals surface area contributed by atoms with Gasteiger partial charge in [-0.3, -0.25) is 10.2 Å². The summed E-state index contributed by atoms with van der Waals surface area (Å²) < 4.78 is 5.60. The number of rotatable bonds is 2. The zero-order chi connectivity index (χ0) is 12.5. The van der Waals surface area contributed by atoms with Crippen LogP contribution < -0.4 is 5.43 Å². The van der Waals surface area contributed by atoms with Crippen LogP contribution in [0.2, 0.25) is 0 Å². The molecular weight excluding hydrogens is 204 g/mol. The quantitative estimate of drug-likeness (QED) is 0.782. The van der Waals surface area contributed by atoms with Crippen molar-refractivity contribution in [2.45, 2.75) is 33.1 Å². The Kier molecular flexibility index (Phi) is 3.43.